The lowest BCUT2D eigenvalue weighted by atomic mass is 10.1. The first kappa shape index (κ1) is 11.1. The number of hydrogen-bond acceptors (Lipinski definition) is 4. The Morgan fingerprint density at radius 2 is 2.00 bits per heavy atom. The summed E-state index contributed by atoms with van der Waals surface area (Å²) in [6, 6.07) is 8.16. The maximum atomic E-state index is 5.87. The Labute approximate surface area is 99.0 Å². The Kier molecular flexibility index (Phi) is 3.19. The molecule has 0 saturated carbocycles. The smallest absolute Gasteiger partial charge is 0.189 e. The molecule has 0 atom stereocenters. The predicted octanol–water partition coefficient (Wildman–Crippen LogP) is 3.34. The van der Waals surface area contributed by atoms with Crippen molar-refractivity contribution in [3.05, 3.63) is 30.0 Å². The summed E-state index contributed by atoms with van der Waals surface area (Å²) >= 11 is 1.81. The van der Waals surface area contributed by atoms with Crippen molar-refractivity contribution >= 4 is 17.4 Å². The Morgan fingerprint density at radius 1 is 1.31 bits per heavy atom. The van der Waals surface area contributed by atoms with Crippen LogP contribution in [0.25, 0.3) is 11.3 Å². The first-order chi connectivity index (χ1) is 7.72. The van der Waals surface area contributed by atoms with E-state index in [0.717, 1.165) is 17.0 Å². The first-order valence-corrected chi connectivity index (χ1v) is 6.16. The summed E-state index contributed by atoms with van der Waals surface area (Å²) in [7, 11) is 0. The highest BCUT2D eigenvalue weighted by atomic mass is 32.2. The van der Waals surface area contributed by atoms with Crippen molar-refractivity contribution in [3.63, 3.8) is 0 Å². The second kappa shape index (κ2) is 4.61. The molecule has 0 radical (unpaired) electrons. The molecule has 3 nitrogen and oxygen atoms in total. The van der Waals surface area contributed by atoms with Crippen LogP contribution < -0.4 is 5.73 Å². The van der Waals surface area contributed by atoms with Gasteiger partial charge in [-0.15, -0.1) is 11.8 Å². The summed E-state index contributed by atoms with van der Waals surface area (Å²) in [5.74, 6) is 1.73. The summed E-state index contributed by atoms with van der Waals surface area (Å²) in [6.45, 7) is 3.97. The average Bonchev–Trinajstić information content (AvgIpc) is 2.62. The van der Waals surface area contributed by atoms with E-state index in [0.29, 0.717) is 11.4 Å². The number of benzene rings is 1. The molecule has 2 N–H and O–H groups in total. The predicted molar refractivity (Wildman–Crippen MR) is 67.5 cm³/mol. The van der Waals surface area contributed by atoms with Crippen LogP contribution >= 0.6 is 11.8 Å². The van der Waals surface area contributed by atoms with Crippen LogP contribution in [0.4, 0.5) is 5.69 Å². The molecular weight excluding hydrogens is 220 g/mol. The lowest BCUT2D eigenvalue weighted by molar-refractivity contribution is 0.427. The third-order valence-corrected chi connectivity index (χ3v) is 3.23. The Hall–Kier alpha value is -1.42. The molecule has 16 heavy (non-hydrogen) atoms. The van der Waals surface area contributed by atoms with E-state index in [-0.39, 0.29) is 0 Å². The van der Waals surface area contributed by atoms with Gasteiger partial charge in [0, 0.05) is 10.5 Å². The fraction of sp³-hybridized carbons (Fsp3) is 0.250. The van der Waals surface area contributed by atoms with Crippen LogP contribution in [0.5, 0.6) is 0 Å². The van der Waals surface area contributed by atoms with Crippen LogP contribution in [0.3, 0.4) is 0 Å². The molecule has 0 bridgehead atoms. The van der Waals surface area contributed by atoms with Gasteiger partial charge in [0.25, 0.3) is 0 Å². The second-order valence-corrected chi connectivity index (χ2v) is 4.81. The molecule has 0 unspecified atom stereocenters. The Balaban J connectivity index is 2.31. The molecule has 2 aromatic rings. The third kappa shape index (κ3) is 2.07. The normalized spacial score (nSPS) is 10.6. The molecule has 0 saturated heterocycles. The van der Waals surface area contributed by atoms with Gasteiger partial charge in [0.1, 0.15) is 11.4 Å². The average molecular weight is 234 g/mol. The van der Waals surface area contributed by atoms with Crippen LogP contribution in [-0.4, -0.2) is 10.9 Å². The number of aryl methyl sites for hydroxylation is 1. The minimum absolute atomic E-state index is 0.621. The summed E-state index contributed by atoms with van der Waals surface area (Å²) < 4.78 is 5.20. The molecule has 0 aliphatic heterocycles. The molecule has 2 rings (SSSR count). The van der Waals surface area contributed by atoms with Gasteiger partial charge in [0.05, 0.1) is 0 Å². The monoisotopic (exact) mass is 234 g/mol. The molecule has 1 aromatic heterocycles. The lowest BCUT2D eigenvalue weighted by Gasteiger charge is -2.00. The van der Waals surface area contributed by atoms with E-state index in [4.69, 9.17) is 10.3 Å². The number of hydrogen-bond donors (Lipinski definition) is 1. The number of nitrogen functional groups attached to an aromatic ring is 1. The van der Waals surface area contributed by atoms with E-state index in [2.05, 4.69) is 24.2 Å². The maximum Gasteiger partial charge on any atom is 0.189 e. The van der Waals surface area contributed by atoms with Gasteiger partial charge in [0.15, 0.2) is 5.76 Å². The van der Waals surface area contributed by atoms with E-state index >= 15 is 0 Å². The first-order valence-electron chi connectivity index (χ1n) is 5.17. The van der Waals surface area contributed by atoms with Gasteiger partial charge < -0.3 is 10.3 Å². The number of thioether (sulfide) groups is 1. The number of nitrogens with two attached hydrogens (primary N) is 1. The van der Waals surface area contributed by atoms with Gasteiger partial charge in [-0.1, -0.05) is 12.1 Å². The number of rotatable bonds is 3. The van der Waals surface area contributed by atoms with Crippen LogP contribution in [0.2, 0.25) is 0 Å². The Morgan fingerprint density at radius 3 is 2.50 bits per heavy atom. The van der Waals surface area contributed by atoms with Gasteiger partial charge in [-0.3, -0.25) is 0 Å². The molecular formula is C12H14N2OS. The van der Waals surface area contributed by atoms with Gasteiger partial charge in [-0.05, 0) is 36.9 Å². The van der Waals surface area contributed by atoms with Crippen molar-refractivity contribution in [1.29, 1.82) is 0 Å². The van der Waals surface area contributed by atoms with Gasteiger partial charge >= 0.3 is 0 Å². The van der Waals surface area contributed by atoms with E-state index in [1.807, 2.05) is 30.8 Å². The zero-order chi connectivity index (χ0) is 11.5. The van der Waals surface area contributed by atoms with Crippen molar-refractivity contribution in [2.24, 2.45) is 0 Å². The largest absolute Gasteiger partial charge is 0.394 e. The molecule has 1 aromatic carbocycles. The van der Waals surface area contributed by atoms with Gasteiger partial charge in [-0.2, -0.15) is 0 Å². The minimum Gasteiger partial charge on any atom is -0.394 e. The maximum absolute atomic E-state index is 5.87. The number of nitrogens with zero attached hydrogens (tertiary/aromatic N) is 1. The van der Waals surface area contributed by atoms with Crippen LogP contribution in [-0.2, 0) is 0 Å². The SMILES string of the molecule is CCSc1ccc(-c2onc(C)c2N)cc1. The minimum atomic E-state index is 0.621. The van der Waals surface area contributed by atoms with E-state index in [9.17, 15) is 0 Å². The highest BCUT2D eigenvalue weighted by Crippen LogP contribution is 2.29. The van der Waals surface area contributed by atoms with Crippen molar-refractivity contribution in [2.75, 3.05) is 11.5 Å². The van der Waals surface area contributed by atoms with Gasteiger partial charge in [-0.25, -0.2) is 0 Å². The molecule has 0 spiro atoms. The molecule has 0 amide bonds. The van der Waals surface area contributed by atoms with Crippen LogP contribution in [0.15, 0.2) is 33.7 Å². The van der Waals surface area contributed by atoms with E-state index < -0.39 is 0 Å². The highest BCUT2D eigenvalue weighted by Gasteiger charge is 2.11. The molecule has 4 heteroatoms. The lowest BCUT2D eigenvalue weighted by Crippen LogP contribution is -1.87. The number of anilines is 1. The quantitative estimate of drug-likeness (QED) is 0.827. The van der Waals surface area contributed by atoms with Crippen LogP contribution in [0.1, 0.15) is 12.6 Å². The molecule has 0 aliphatic carbocycles. The fourth-order valence-corrected chi connectivity index (χ4v) is 2.12. The topological polar surface area (TPSA) is 52.0 Å². The van der Waals surface area contributed by atoms with Gasteiger partial charge in [0.2, 0.25) is 0 Å². The molecule has 84 valence electrons. The summed E-state index contributed by atoms with van der Waals surface area (Å²) in [4.78, 5) is 1.25. The van der Waals surface area contributed by atoms with Crippen molar-refractivity contribution in [2.45, 2.75) is 18.7 Å². The van der Waals surface area contributed by atoms with Crippen LogP contribution in [0, 0.1) is 6.92 Å². The molecule has 0 fully saturated rings. The van der Waals surface area contributed by atoms with E-state index in [1.54, 1.807) is 0 Å². The zero-order valence-corrected chi connectivity index (χ0v) is 10.2. The van der Waals surface area contributed by atoms with Crippen molar-refractivity contribution < 1.29 is 4.52 Å². The van der Waals surface area contributed by atoms with Crippen molar-refractivity contribution in [1.82, 2.24) is 5.16 Å². The highest BCUT2D eigenvalue weighted by molar-refractivity contribution is 7.99. The summed E-state index contributed by atoms with van der Waals surface area (Å²) in [5, 5.41) is 3.85. The molecule has 1 heterocycles. The zero-order valence-electron chi connectivity index (χ0n) is 9.36. The number of aromatic nitrogens is 1. The van der Waals surface area contributed by atoms with E-state index in [1.165, 1.54) is 4.90 Å². The summed E-state index contributed by atoms with van der Waals surface area (Å²) in [5.41, 5.74) is 8.20. The summed E-state index contributed by atoms with van der Waals surface area (Å²) in [6.07, 6.45) is 0. The standard InChI is InChI=1S/C12H14N2OS/c1-3-16-10-6-4-9(5-7-10)12-11(13)8(2)14-15-12/h4-7H,3,13H2,1-2H3. The second-order valence-electron chi connectivity index (χ2n) is 3.47. The fourth-order valence-electron chi connectivity index (χ4n) is 1.45. The Bertz CT molecular complexity index is 476. The third-order valence-electron chi connectivity index (χ3n) is 2.34. The molecule has 0 aliphatic rings. The van der Waals surface area contributed by atoms with Crippen molar-refractivity contribution in [3.8, 4) is 11.3 Å².